The largest absolute Gasteiger partial charge is 0.496 e. The van der Waals surface area contributed by atoms with E-state index in [0.717, 1.165) is 5.56 Å². The van der Waals surface area contributed by atoms with E-state index in [1.54, 1.807) is 36.4 Å². The Morgan fingerprint density at radius 1 is 0.875 bits per heavy atom. The van der Waals surface area contributed by atoms with Gasteiger partial charge < -0.3 is 14.8 Å². The summed E-state index contributed by atoms with van der Waals surface area (Å²) in [7, 11) is 3.04. The summed E-state index contributed by atoms with van der Waals surface area (Å²) in [6.07, 6.45) is 0.0823. The van der Waals surface area contributed by atoms with Crippen LogP contribution in [0.25, 0.3) is 0 Å². The predicted molar refractivity (Wildman–Crippen MR) is 90.0 cm³/mol. The molecule has 0 aliphatic rings. The minimum absolute atomic E-state index is 0.0823. The van der Waals surface area contributed by atoms with Gasteiger partial charge in [0.15, 0.2) is 0 Å². The molecule has 0 saturated carbocycles. The molecule has 0 spiro atoms. The van der Waals surface area contributed by atoms with Crippen molar-refractivity contribution in [3.05, 3.63) is 54.1 Å². The number of carbonyl (C=O) groups is 2. The van der Waals surface area contributed by atoms with E-state index in [1.165, 1.54) is 14.2 Å². The van der Waals surface area contributed by atoms with Crippen molar-refractivity contribution < 1.29 is 19.1 Å². The van der Waals surface area contributed by atoms with Crippen LogP contribution in [0.1, 0.15) is 5.56 Å². The third kappa shape index (κ3) is 4.64. The number of benzene rings is 2. The van der Waals surface area contributed by atoms with Gasteiger partial charge in [-0.05, 0) is 18.2 Å². The zero-order valence-electron chi connectivity index (χ0n) is 13.5. The normalized spacial score (nSPS) is 9.75. The fourth-order valence-electron chi connectivity index (χ4n) is 2.09. The second-order valence-electron chi connectivity index (χ2n) is 4.82. The third-order valence-electron chi connectivity index (χ3n) is 3.21. The second kappa shape index (κ2) is 8.42. The van der Waals surface area contributed by atoms with Crippen LogP contribution in [0.15, 0.2) is 48.5 Å². The van der Waals surface area contributed by atoms with Crippen LogP contribution < -0.4 is 25.6 Å². The first-order valence-electron chi connectivity index (χ1n) is 7.24. The summed E-state index contributed by atoms with van der Waals surface area (Å²) in [5.41, 5.74) is 5.86. The number of hydrazine groups is 1. The molecule has 0 atom stereocenters. The van der Waals surface area contributed by atoms with Crippen molar-refractivity contribution in [2.24, 2.45) is 0 Å². The van der Waals surface area contributed by atoms with E-state index in [9.17, 15) is 9.59 Å². The van der Waals surface area contributed by atoms with Gasteiger partial charge in [0.25, 0.3) is 0 Å². The lowest BCUT2D eigenvalue weighted by Gasteiger charge is -2.12. The highest BCUT2D eigenvalue weighted by Crippen LogP contribution is 2.22. The molecule has 0 aliphatic carbocycles. The number of para-hydroxylation sites is 3. The van der Waals surface area contributed by atoms with Gasteiger partial charge in [-0.25, -0.2) is 10.2 Å². The van der Waals surface area contributed by atoms with Crippen molar-refractivity contribution in [1.29, 1.82) is 0 Å². The molecular weight excluding hydrogens is 310 g/mol. The van der Waals surface area contributed by atoms with E-state index in [4.69, 9.17) is 9.47 Å². The van der Waals surface area contributed by atoms with Gasteiger partial charge in [0, 0.05) is 5.56 Å². The number of amides is 3. The SMILES string of the molecule is COc1ccccc1CC(=O)NNC(=O)Nc1ccccc1OC. The van der Waals surface area contributed by atoms with Gasteiger partial charge in [-0.15, -0.1) is 0 Å². The standard InChI is InChI=1S/C17H19N3O4/c1-23-14-9-5-3-7-12(14)11-16(21)19-20-17(22)18-13-8-4-6-10-15(13)24-2/h3-10H,11H2,1-2H3,(H,19,21)(H2,18,20,22). The minimum atomic E-state index is -0.576. The summed E-state index contributed by atoms with van der Waals surface area (Å²) >= 11 is 0. The summed E-state index contributed by atoms with van der Waals surface area (Å²) in [5, 5.41) is 2.59. The number of carbonyl (C=O) groups excluding carboxylic acids is 2. The number of rotatable bonds is 5. The topological polar surface area (TPSA) is 88.7 Å². The van der Waals surface area contributed by atoms with Crippen molar-refractivity contribution in [3.63, 3.8) is 0 Å². The Morgan fingerprint density at radius 2 is 1.50 bits per heavy atom. The van der Waals surface area contributed by atoms with Crippen LogP contribution in [0.4, 0.5) is 10.5 Å². The van der Waals surface area contributed by atoms with Gasteiger partial charge in [-0.3, -0.25) is 10.2 Å². The number of urea groups is 1. The van der Waals surface area contributed by atoms with Gasteiger partial charge in [-0.2, -0.15) is 0 Å². The quantitative estimate of drug-likeness (QED) is 0.733. The number of ether oxygens (including phenoxy) is 2. The summed E-state index contributed by atoms with van der Waals surface area (Å²) < 4.78 is 10.3. The molecule has 3 amide bonds. The zero-order valence-corrected chi connectivity index (χ0v) is 13.5. The monoisotopic (exact) mass is 329 g/mol. The molecule has 0 aliphatic heterocycles. The number of nitrogens with one attached hydrogen (secondary N) is 3. The van der Waals surface area contributed by atoms with E-state index in [2.05, 4.69) is 16.2 Å². The van der Waals surface area contributed by atoms with Crippen molar-refractivity contribution >= 4 is 17.6 Å². The smallest absolute Gasteiger partial charge is 0.338 e. The van der Waals surface area contributed by atoms with Crippen LogP contribution in [0.2, 0.25) is 0 Å². The number of hydrogen-bond acceptors (Lipinski definition) is 4. The van der Waals surface area contributed by atoms with Crippen LogP contribution in [0.5, 0.6) is 11.5 Å². The molecule has 2 rings (SSSR count). The molecule has 0 radical (unpaired) electrons. The molecule has 0 fully saturated rings. The van der Waals surface area contributed by atoms with Crippen LogP contribution in [-0.4, -0.2) is 26.2 Å². The van der Waals surface area contributed by atoms with Crippen LogP contribution in [-0.2, 0) is 11.2 Å². The predicted octanol–water partition coefficient (Wildman–Crippen LogP) is 2.10. The third-order valence-corrected chi connectivity index (χ3v) is 3.21. The maximum atomic E-state index is 11.9. The zero-order chi connectivity index (χ0) is 17.4. The Bertz CT molecular complexity index is 657. The van der Waals surface area contributed by atoms with Gasteiger partial charge >= 0.3 is 6.03 Å². The van der Waals surface area contributed by atoms with Crippen molar-refractivity contribution in [2.45, 2.75) is 6.42 Å². The van der Waals surface area contributed by atoms with E-state index < -0.39 is 6.03 Å². The highest BCUT2D eigenvalue weighted by Gasteiger charge is 2.10. The molecule has 0 bridgehead atoms. The maximum Gasteiger partial charge on any atom is 0.338 e. The first kappa shape index (κ1) is 17.1. The molecule has 0 unspecified atom stereocenters. The van der Waals surface area contributed by atoms with Crippen molar-refractivity contribution in [2.75, 3.05) is 19.5 Å². The summed E-state index contributed by atoms with van der Waals surface area (Å²) in [6, 6.07) is 13.6. The minimum Gasteiger partial charge on any atom is -0.496 e. The van der Waals surface area contributed by atoms with E-state index in [1.807, 2.05) is 12.1 Å². The Morgan fingerprint density at radius 3 is 2.21 bits per heavy atom. The summed E-state index contributed by atoms with van der Waals surface area (Å²) in [6.45, 7) is 0. The fraction of sp³-hybridized carbons (Fsp3) is 0.176. The lowest BCUT2D eigenvalue weighted by atomic mass is 10.1. The molecule has 7 heteroatoms. The lowest BCUT2D eigenvalue weighted by molar-refractivity contribution is -0.121. The van der Waals surface area contributed by atoms with Crippen LogP contribution >= 0.6 is 0 Å². The Kier molecular flexibility index (Phi) is 6.01. The van der Waals surface area contributed by atoms with Crippen molar-refractivity contribution in [3.8, 4) is 11.5 Å². The Labute approximate surface area is 139 Å². The van der Waals surface area contributed by atoms with Crippen LogP contribution in [0.3, 0.4) is 0 Å². The lowest BCUT2D eigenvalue weighted by Crippen LogP contribution is -2.44. The van der Waals surface area contributed by atoms with Gasteiger partial charge in [0.2, 0.25) is 5.91 Å². The van der Waals surface area contributed by atoms with Crippen LogP contribution in [0, 0.1) is 0 Å². The Hall–Kier alpha value is -3.22. The highest BCUT2D eigenvalue weighted by atomic mass is 16.5. The highest BCUT2D eigenvalue weighted by molar-refractivity contribution is 5.92. The average Bonchev–Trinajstić information content (AvgIpc) is 2.61. The average molecular weight is 329 g/mol. The molecule has 2 aromatic carbocycles. The molecule has 3 N–H and O–H groups in total. The molecule has 0 aromatic heterocycles. The molecule has 0 saturated heterocycles. The van der Waals surface area contributed by atoms with E-state index >= 15 is 0 Å². The number of anilines is 1. The molecule has 2 aromatic rings. The Balaban J connectivity index is 1.86. The molecule has 0 heterocycles. The van der Waals surface area contributed by atoms with Gasteiger partial charge in [0.05, 0.1) is 26.3 Å². The second-order valence-corrected chi connectivity index (χ2v) is 4.82. The number of hydrogen-bond donors (Lipinski definition) is 3. The first-order valence-corrected chi connectivity index (χ1v) is 7.24. The van der Waals surface area contributed by atoms with Crippen molar-refractivity contribution in [1.82, 2.24) is 10.9 Å². The molecule has 7 nitrogen and oxygen atoms in total. The molecular formula is C17H19N3O4. The molecule has 126 valence electrons. The fourth-order valence-corrected chi connectivity index (χ4v) is 2.09. The van der Waals surface area contributed by atoms with Gasteiger partial charge in [0.1, 0.15) is 11.5 Å². The number of methoxy groups -OCH3 is 2. The first-order chi connectivity index (χ1) is 11.6. The molecule has 24 heavy (non-hydrogen) atoms. The van der Waals surface area contributed by atoms with E-state index in [-0.39, 0.29) is 12.3 Å². The summed E-state index contributed by atoms with van der Waals surface area (Å²) in [5.74, 6) is 0.772. The summed E-state index contributed by atoms with van der Waals surface area (Å²) in [4.78, 5) is 23.8. The maximum absolute atomic E-state index is 11.9. The van der Waals surface area contributed by atoms with E-state index in [0.29, 0.717) is 17.2 Å². The van der Waals surface area contributed by atoms with Gasteiger partial charge in [-0.1, -0.05) is 30.3 Å².